The van der Waals surface area contributed by atoms with Gasteiger partial charge in [-0.15, -0.1) is 11.3 Å². The largest absolute Gasteiger partial charge is 0.343 e. The molecule has 0 aliphatic carbocycles. The lowest BCUT2D eigenvalue weighted by Crippen LogP contribution is -2.41. The number of aromatic nitrogens is 1. The van der Waals surface area contributed by atoms with Crippen molar-refractivity contribution in [1.29, 1.82) is 0 Å². The molecule has 5 aromatic rings. The zero-order valence-electron chi connectivity index (χ0n) is 19.0. The summed E-state index contributed by atoms with van der Waals surface area (Å²) in [6.07, 6.45) is 1.72. The minimum Gasteiger partial charge on any atom is -0.343 e. The number of rotatable bonds is 4. The average molecular weight is 476 g/mol. The Bertz CT molecular complexity index is 1530. The molecule has 3 aromatic carbocycles. The summed E-state index contributed by atoms with van der Waals surface area (Å²) in [4.78, 5) is 28.0. The number of fused-ring (bicyclic) bond motifs is 1. The van der Waals surface area contributed by atoms with Gasteiger partial charge in [0.1, 0.15) is 5.57 Å². The third kappa shape index (κ3) is 3.55. The summed E-state index contributed by atoms with van der Waals surface area (Å²) in [6, 6.07) is 32.9. The number of anilines is 2. The Hall–Kier alpha value is -4.42. The molecule has 0 saturated carbocycles. The van der Waals surface area contributed by atoms with Gasteiger partial charge in [0.05, 0.1) is 21.6 Å². The second kappa shape index (κ2) is 8.42. The van der Waals surface area contributed by atoms with E-state index >= 15 is 0 Å². The number of thiophene rings is 1. The van der Waals surface area contributed by atoms with Gasteiger partial charge in [-0.3, -0.25) is 9.59 Å². The molecule has 2 aromatic heterocycles. The molecule has 1 aliphatic rings. The van der Waals surface area contributed by atoms with Gasteiger partial charge in [0.25, 0.3) is 11.8 Å². The van der Waals surface area contributed by atoms with Crippen molar-refractivity contribution in [3.8, 4) is 11.3 Å². The van der Waals surface area contributed by atoms with Crippen LogP contribution in [0.5, 0.6) is 0 Å². The number of carbonyl (C=O) groups is 2. The highest BCUT2D eigenvalue weighted by Crippen LogP contribution is 2.36. The first-order chi connectivity index (χ1) is 17.1. The van der Waals surface area contributed by atoms with Gasteiger partial charge < -0.3 is 4.57 Å². The molecule has 1 saturated heterocycles. The number of nitrogens with zero attached hydrogens (tertiary/aromatic N) is 3. The number of hydrazine groups is 1. The van der Waals surface area contributed by atoms with Crippen LogP contribution in [-0.4, -0.2) is 16.4 Å². The first-order valence-electron chi connectivity index (χ1n) is 11.3. The summed E-state index contributed by atoms with van der Waals surface area (Å²) in [5, 5.41) is 2.90. The zero-order valence-corrected chi connectivity index (χ0v) is 19.8. The van der Waals surface area contributed by atoms with Crippen LogP contribution in [0.15, 0.2) is 109 Å². The van der Waals surface area contributed by atoms with E-state index in [0.717, 1.165) is 26.4 Å². The second-order valence-corrected chi connectivity index (χ2v) is 9.43. The molecule has 0 unspecified atom stereocenters. The van der Waals surface area contributed by atoms with E-state index in [1.165, 1.54) is 10.0 Å². The summed E-state index contributed by atoms with van der Waals surface area (Å²) < 4.78 is 3.25. The van der Waals surface area contributed by atoms with Gasteiger partial charge in [-0.1, -0.05) is 66.7 Å². The van der Waals surface area contributed by atoms with E-state index in [1.807, 2.05) is 92.0 Å². The monoisotopic (exact) mass is 475 g/mol. The fourth-order valence-electron chi connectivity index (χ4n) is 4.46. The summed E-state index contributed by atoms with van der Waals surface area (Å²) in [6.45, 7) is 0. The van der Waals surface area contributed by atoms with Gasteiger partial charge in [-0.05, 0) is 48.0 Å². The Morgan fingerprint density at radius 3 is 1.71 bits per heavy atom. The van der Waals surface area contributed by atoms with Crippen LogP contribution < -0.4 is 10.0 Å². The van der Waals surface area contributed by atoms with E-state index in [9.17, 15) is 9.59 Å². The Balaban J connectivity index is 1.42. The summed E-state index contributed by atoms with van der Waals surface area (Å²) in [5.74, 6) is -0.681. The predicted octanol–water partition coefficient (Wildman–Crippen LogP) is 6.29. The molecule has 0 atom stereocenters. The van der Waals surface area contributed by atoms with Crippen molar-refractivity contribution in [3.63, 3.8) is 0 Å². The lowest BCUT2D eigenvalue weighted by atomic mass is 10.1. The first-order valence-corrected chi connectivity index (χ1v) is 12.1. The molecule has 0 radical (unpaired) electrons. The number of hydrogen-bond donors (Lipinski definition) is 0. The van der Waals surface area contributed by atoms with E-state index in [4.69, 9.17) is 0 Å². The molecule has 0 bridgehead atoms. The molecule has 170 valence electrons. The van der Waals surface area contributed by atoms with Crippen molar-refractivity contribution < 1.29 is 9.59 Å². The minimum absolute atomic E-state index is 0.146. The Morgan fingerprint density at radius 1 is 0.686 bits per heavy atom. The Kier molecular flexibility index (Phi) is 5.08. The smallest absolute Gasteiger partial charge is 0.283 e. The van der Waals surface area contributed by atoms with Gasteiger partial charge in [0.2, 0.25) is 0 Å². The number of aryl methyl sites for hydroxylation is 1. The van der Waals surface area contributed by atoms with Crippen LogP contribution in [0.3, 0.4) is 0 Å². The van der Waals surface area contributed by atoms with E-state index in [-0.39, 0.29) is 17.4 Å². The molecule has 1 aliphatic heterocycles. The van der Waals surface area contributed by atoms with Crippen LogP contribution in [0.1, 0.15) is 4.88 Å². The average Bonchev–Trinajstić information content (AvgIpc) is 3.52. The van der Waals surface area contributed by atoms with Crippen molar-refractivity contribution in [2.75, 3.05) is 10.0 Å². The van der Waals surface area contributed by atoms with Gasteiger partial charge in [0.15, 0.2) is 0 Å². The van der Waals surface area contributed by atoms with Gasteiger partial charge in [-0.25, -0.2) is 10.0 Å². The second-order valence-electron chi connectivity index (χ2n) is 8.32. The number of hydrogen-bond acceptors (Lipinski definition) is 3. The van der Waals surface area contributed by atoms with Crippen molar-refractivity contribution in [1.82, 2.24) is 4.57 Å². The first kappa shape index (κ1) is 21.1. The number of carbonyl (C=O) groups excluding carboxylic acids is 2. The van der Waals surface area contributed by atoms with Crippen molar-refractivity contribution in [2.24, 2.45) is 7.05 Å². The summed E-state index contributed by atoms with van der Waals surface area (Å²) in [5.41, 5.74) is 4.77. The third-order valence-electron chi connectivity index (χ3n) is 6.15. The normalized spacial score (nSPS) is 13.8. The summed E-state index contributed by atoms with van der Waals surface area (Å²) in [7, 11) is 2.04. The molecule has 0 N–H and O–H groups in total. The van der Waals surface area contributed by atoms with Crippen LogP contribution in [-0.2, 0) is 16.6 Å². The fraction of sp³-hybridized carbons (Fsp3) is 0.0345. The molecule has 5 nitrogen and oxygen atoms in total. The quantitative estimate of drug-likeness (QED) is 0.227. The number of para-hydroxylation sites is 2. The van der Waals surface area contributed by atoms with Crippen molar-refractivity contribution in [2.45, 2.75) is 0 Å². The summed E-state index contributed by atoms with van der Waals surface area (Å²) >= 11 is 1.57. The zero-order chi connectivity index (χ0) is 23.9. The fourth-order valence-corrected chi connectivity index (χ4v) is 5.53. The Labute approximate surface area is 206 Å². The SMILES string of the molecule is Cn1c(-c2ccccc2)cc2sc(C=C3C(=O)N(c4ccccc4)N(c4ccccc4)C3=O)cc21. The maximum Gasteiger partial charge on any atom is 0.283 e. The lowest BCUT2D eigenvalue weighted by molar-refractivity contribution is -0.116. The molecule has 3 heterocycles. The van der Waals surface area contributed by atoms with Gasteiger partial charge >= 0.3 is 0 Å². The Morgan fingerprint density at radius 2 is 1.20 bits per heavy atom. The van der Waals surface area contributed by atoms with Crippen LogP contribution in [0, 0.1) is 0 Å². The van der Waals surface area contributed by atoms with Crippen LogP contribution >= 0.6 is 11.3 Å². The molecular weight excluding hydrogens is 454 g/mol. The molecule has 6 heteroatoms. The van der Waals surface area contributed by atoms with E-state index in [2.05, 4.69) is 22.8 Å². The third-order valence-corrected chi connectivity index (χ3v) is 7.17. The van der Waals surface area contributed by atoms with E-state index in [0.29, 0.717) is 11.4 Å². The lowest BCUT2D eigenvalue weighted by Gasteiger charge is -2.27. The van der Waals surface area contributed by atoms with E-state index in [1.54, 1.807) is 17.4 Å². The van der Waals surface area contributed by atoms with Crippen molar-refractivity contribution >= 4 is 50.8 Å². The highest BCUT2D eigenvalue weighted by Gasteiger charge is 2.42. The molecular formula is C29H21N3O2S. The highest BCUT2D eigenvalue weighted by atomic mass is 32.1. The topological polar surface area (TPSA) is 45.6 Å². The van der Waals surface area contributed by atoms with Crippen molar-refractivity contribution in [3.05, 3.63) is 114 Å². The number of benzene rings is 3. The predicted molar refractivity (Wildman–Crippen MR) is 142 cm³/mol. The standard InChI is InChI=1S/C29H21N3O2S/c1-30-25(20-11-5-2-6-12-20)19-27-26(30)18-23(35-27)17-24-28(33)31(21-13-7-3-8-14-21)32(29(24)34)22-15-9-4-10-16-22/h2-19H,1H3. The van der Waals surface area contributed by atoms with Gasteiger partial charge in [-0.2, -0.15) is 0 Å². The molecule has 0 spiro atoms. The molecule has 6 rings (SSSR count). The maximum atomic E-state index is 13.6. The number of amides is 2. The molecule has 35 heavy (non-hydrogen) atoms. The van der Waals surface area contributed by atoms with Crippen LogP contribution in [0.4, 0.5) is 11.4 Å². The molecule has 1 fully saturated rings. The maximum absolute atomic E-state index is 13.6. The minimum atomic E-state index is -0.340. The van der Waals surface area contributed by atoms with Gasteiger partial charge in [0, 0.05) is 17.6 Å². The highest BCUT2D eigenvalue weighted by molar-refractivity contribution is 7.19. The van der Waals surface area contributed by atoms with E-state index < -0.39 is 0 Å². The molecule has 2 amide bonds. The van der Waals surface area contributed by atoms with Crippen LogP contribution in [0.25, 0.3) is 27.6 Å². The van der Waals surface area contributed by atoms with Crippen LogP contribution in [0.2, 0.25) is 0 Å².